The molecule has 3 N–H and O–H groups in total. The van der Waals surface area contributed by atoms with Crippen LogP contribution in [0.3, 0.4) is 0 Å². The van der Waals surface area contributed by atoms with Gasteiger partial charge in [0.15, 0.2) is 0 Å². The van der Waals surface area contributed by atoms with E-state index in [0.717, 1.165) is 37.7 Å². The number of aromatic nitrogens is 1. The number of nitrogens with zero attached hydrogens (tertiary/aromatic N) is 1. The summed E-state index contributed by atoms with van der Waals surface area (Å²) in [7, 11) is 0. The summed E-state index contributed by atoms with van der Waals surface area (Å²) in [6.45, 7) is 2.50. The zero-order valence-corrected chi connectivity index (χ0v) is 18.0. The van der Waals surface area contributed by atoms with Crippen molar-refractivity contribution in [1.29, 1.82) is 0 Å². The predicted molar refractivity (Wildman–Crippen MR) is 115 cm³/mol. The Bertz CT molecular complexity index is 908. The lowest BCUT2D eigenvalue weighted by atomic mass is 9.90. The zero-order chi connectivity index (χ0) is 20.9. The van der Waals surface area contributed by atoms with E-state index in [9.17, 15) is 9.59 Å². The minimum atomic E-state index is -0.478. The highest BCUT2D eigenvalue weighted by Gasteiger charge is 2.21. The Kier molecular flexibility index (Phi) is 6.52. The van der Waals surface area contributed by atoms with Gasteiger partial charge in [-0.1, -0.05) is 13.0 Å². The van der Waals surface area contributed by atoms with Crippen LogP contribution in [-0.4, -0.2) is 23.0 Å². The molecule has 2 aliphatic rings. The van der Waals surface area contributed by atoms with Gasteiger partial charge in [-0.2, -0.15) is 0 Å². The van der Waals surface area contributed by atoms with Crippen LogP contribution in [0.25, 0.3) is 0 Å². The number of rotatable bonds is 5. The number of thiophene rings is 1. The van der Waals surface area contributed by atoms with E-state index in [1.165, 1.54) is 34.6 Å². The molecule has 0 radical (unpaired) electrons. The first-order valence-electron chi connectivity index (χ1n) is 10.6. The molecule has 7 nitrogen and oxygen atoms in total. The molecule has 8 heteroatoms. The normalized spacial score (nSPS) is 18.5. The van der Waals surface area contributed by atoms with Gasteiger partial charge in [-0.3, -0.25) is 10.2 Å². The van der Waals surface area contributed by atoms with Crippen molar-refractivity contribution in [1.82, 2.24) is 21.2 Å². The highest BCUT2D eigenvalue weighted by molar-refractivity contribution is 7.14. The van der Waals surface area contributed by atoms with Crippen LogP contribution in [0.2, 0.25) is 0 Å². The summed E-state index contributed by atoms with van der Waals surface area (Å²) in [5.41, 5.74) is 6.99. The third-order valence-electron chi connectivity index (χ3n) is 5.71. The smallest absolute Gasteiger partial charge is 0.333 e. The van der Waals surface area contributed by atoms with E-state index < -0.39 is 6.03 Å². The second-order valence-electron chi connectivity index (χ2n) is 8.16. The molecule has 3 amide bonds. The summed E-state index contributed by atoms with van der Waals surface area (Å²) in [6.07, 6.45) is 9.54. The molecule has 0 saturated heterocycles. The van der Waals surface area contributed by atoms with Crippen LogP contribution < -0.4 is 20.9 Å². The standard InChI is InChI=1S/C22H28N4O3S/c1-14-8-9-18-16(11-14)12-19(30-18)20(27)25-26-22(28)24-13-15-5-4-10-23-21(15)29-17-6-2-3-7-17/h4-5,10,12,14,17H,2-3,6-9,11,13H2,1H3,(H,25,27)(H2,24,26,28). The number of carbonyl (C=O) groups is 2. The Morgan fingerprint density at radius 1 is 1.23 bits per heavy atom. The largest absolute Gasteiger partial charge is 0.474 e. The summed E-state index contributed by atoms with van der Waals surface area (Å²) in [6, 6.07) is 5.17. The van der Waals surface area contributed by atoms with E-state index in [4.69, 9.17) is 4.74 Å². The van der Waals surface area contributed by atoms with Crippen LogP contribution in [0, 0.1) is 5.92 Å². The van der Waals surface area contributed by atoms with Crippen LogP contribution in [0.4, 0.5) is 4.79 Å². The van der Waals surface area contributed by atoms with Gasteiger partial charge in [0.1, 0.15) is 6.10 Å². The number of urea groups is 1. The van der Waals surface area contributed by atoms with Gasteiger partial charge in [-0.15, -0.1) is 11.3 Å². The first-order chi connectivity index (χ1) is 14.6. The van der Waals surface area contributed by atoms with Crippen molar-refractivity contribution in [2.75, 3.05) is 0 Å². The lowest BCUT2D eigenvalue weighted by Gasteiger charge is -2.16. The van der Waals surface area contributed by atoms with Crippen molar-refractivity contribution in [3.63, 3.8) is 0 Å². The average molecular weight is 429 g/mol. The minimum absolute atomic E-state index is 0.200. The van der Waals surface area contributed by atoms with Crippen LogP contribution in [-0.2, 0) is 19.4 Å². The number of hydrogen-bond donors (Lipinski definition) is 3. The fourth-order valence-corrected chi connectivity index (χ4v) is 5.15. The van der Waals surface area contributed by atoms with Gasteiger partial charge in [0, 0.05) is 23.2 Å². The molecule has 0 aromatic carbocycles. The molecule has 30 heavy (non-hydrogen) atoms. The Labute approximate surface area is 180 Å². The number of hydrazine groups is 1. The molecule has 1 saturated carbocycles. The second-order valence-corrected chi connectivity index (χ2v) is 9.30. The molecule has 1 atom stereocenters. The SMILES string of the molecule is CC1CCc2sc(C(=O)NNC(=O)NCc3cccnc3OC3CCCC3)cc2C1. The number of nitrogens with one attached hydrogen (secondary N) is 3. The molecule has 2 heterocycles. The Hall–Kier alpha value is -2.61. The maximum absolute atomic E-state index is 12.4. The number of ether oxygens (including phenoxy) is 1. The van der Waals surface area contributed by atoms with Crippen molar-refractivity contribution in [3.05, 3.63) is 45.3 Å². The van der Waals surface area contributed by atoms with Crippen LogP contribution in [0.5, 0.6) is 5.88 Å². The van der Waals surface area contributed by atoms with Gasteiger partial charge in [-0.25, -0.2) is 15.2 Å². The van der Waals surface area contributed by atoms with Gasteiger partial charge in [0.05, 0.1) is 4.88 Å². The number of pyridine rings is 1. The van der Waals surface area contributed by atoms with Crippen molar-refractivity contribution in [2.24, 2.45) is 5.92 Å². The van der Waals surface area contributed by atoms with E-state index in [2.05, 4.69) is 28.1 Å². The summed E-state index contributed by atoms with van der Waals surface area (Å²) in [5.74, 6) is 0.929. The highest BCUT2D eigenvalue weighted by atomic mass is 32.1. The van der Waals surface area contributed by atoms with Gasteiger partial charge in [-0.05, 0) is 68.6 Å². The van der Waals surface area contributed by atoms with Crippen molar-refractivity contribution >= 4 is 23.3 Å². The summed E-state index contributed by atoms with van der Waals surface area (Å²) in [5, 5.41) is 2.74. The Balaban J connectivity index is 1.26. The highest BCUT2D eigenvalue weighted by Crippen LogP contribution is 2.32. The third kappa shape index (κ3) is 5.11. The van der Waals surface area contributed by atoms with Gasteiger partial charge in [0.2, 0.25) is 5.88 Å². The van der Waals surface area contributed by atoms with Gasteiger partial charge < -0.3 is 10.1 Å². The molecule has 2 aromatic rings. The number of aryl methyl sites for hydroxylation is 1. The van der Waals surface area contributed by atoms with Crippen molar-refractivity contribution in [2.45, 2.75) is 64.5 Å². The minimum Gasteiger partial charge on any atom is -0.474 e. The van der Waals surface area contributed by atoms with E-state index in [1.807, 2.05) is 18.2 Å². The first-order valence-corrected chi connectivity index (χ1v) is 11.5. The molecule has 0 aliphatic heterocycles. The fourth-order valence-electron chi connectivity index (χ4n) is 4.04. The van der Waals surface area contributed by atoms with E-state index in [0.29, 0.717) is 16.7 Å². The lowest BCUT2D eigenvalue weighted by molar-refractivity contribution is 0.0940. The van der Waals surface area contributed by atoms with Crippen LogP contribution in [0.15, 0.2) is 24.4 Å². The molecule has 2 aliphatic carbocycles. The van der Waals surface area contributed by atoms with Crippen LogP contribution >= 0.6 is 11.3 Å². The van der Waals surface area contributed by atoms with E-state index in [-0.39, 0.29) is 18.6 Å². The van der Waals surface area contributed by atoms with E-state index in [1.54, 1.807) is 6.20 Å². The summed E-state index contributed by atoms with van der Waals surface area (Å²) >= 11 is 1.52. The molecule has 1 unspecified atom stereocenters. The molecule has 0 spiro atoms. The monoisotopic (exact) mass is 428 g/mol. The molecule has 2 aromatic heterocycles. The first kappa shape index (κ1) is 20.7. The number of amides is 3. The molecular formula is C22H28N4O3S. The topological polar surface area (TPSA) is 92.4 Å². The average Bonchev–Trinajstić information content (AvgIpc) is 3.40. The van der Waals surface area contributed by atoms with Crippen molar-refractivity contribution in [3.8, 4) is 5.88 Å². The second kappa shape index (κ2) is 9.47. The molecule has 160 valence electrons. The number of carbonyl (C=O) groups excluding carboxylic acids is 2. The zero-order valence-electron chi connectivity index (χ0n) is 17.2. The quantitative estimate of drug-likeness (QED) is 0.633. The number of hydrogen-bond acceptors (Lipinski definition) is 5. The summed E-state index contributed by atoms with van der Waals surface area (Å²) in [4.78, 5) is 30.8. The molecule has 4 rings (SSSR count). The van der Waals surface area contributed by atoms with Gasteiger partial charge >= 0.3 is 6.03 Å². The third-order valence-corrected chi connectivity index (χ3v) is 6.95. The fraction of sp³-hybridized carbons (Fsp3) is 0.500. The lowest BCUT2D eigenvalue weighted by Crippen LogP contribution is -2.46. The Morgan fingerprint density at radius 2 is 2.07 bits per heavy atom. The molecular weight excluding hydrogens is 400 g/mol. The van der Waals surface area contributed by atoms with Crippen molar-refractivity contribution < 1.29 is 14.3 Å². The summed E-state index contributed by atoms with van der Waals surface area (Å²) < 4.78 is 5.99. The van der Waals surface area contributed by atoms with Gasteiger partial charge in [0.25, 0.3) is 5.91 Å². The molecule has 0 bridgehead atoms. The Morgan fingerprint density at radius 3 is 2.90 bits per heavy atom. The predicted octanol–water partition coefficient (Wildman–Crippen LogP) is 3.73. The van der Waals surface area contributed by atoms with E-state index >= 15 is 0 Å². The maximum atomic E-state index is 12.4. The molecule has 1 fully saturated rings. The maximum Gasteiger partial charge on any atom is 0.333 e. The number of fused-ring (bicyclic) bond motifs is 1. The van der Waals surface area contributed by atoms with Crippen LogP contribution in [0.1, 0.15) is 64.7 Å².